The Labute approximate surface area is 96.5 Å². The van der Waals surface area contributed by atoms with E-state index < -0.39 is 0 Å². The number of nitrogens with one attached hydrogen (secondary N) is 1. The predicted molar refractivity (Wildman–Crippen MR) is 64.4 cm³/mol. The first-order valence-electron chi connectivity index (χ1n) is 5.82. The van der Waals surface area contributed by atoms with Gasteiger partial charge in [-0.25, -0.2) is 0 Å². The van der Waals surface area contributed by atoms with Crippen molar-refractivity contribution >= 4 is 6.29 Å². The molecule has 1 aromatic rings. The van der Waals surface area contributed by atoms with E-state index in [1.807, 2.05) is 6.07 Å². The van der Waals surface area contributed by atoms with E-state index in [4.69, 9.17) is 0 Å². The van der Waals surface area contributed by atoms with E-state index in [0.717, 1.165) is 32.3 Å². The van der Waals surface area contributed by atoms with E-state index in [0.29, 0.717) is 12.6 Å². The minimum Gasteiger partial charge on any atom is -0.314 e. The van der Waals surface area contributed by atoms with E-state index in [9.17, 15) is 4.79 Å². The summed E-state index contributed by atoms with van der Waals surface area (Å²) in [5.74, 6) is 0. The quantitative estimate of drug-likeness (QED) is 0.755. The van der Waals surface area contributed by atoms with Gasteiger partial charge in [0.2, 0.25) is 0 Å². The fraction of sp³-hybridized carbons (Fsp3) is 0.462. The zero-order chi connectivity index (χ0) is 11.2. The number of hydrogen-bond acceptors (Lipinski definition) is 3. The summed E-state index contributed by atoms with van der Waals surface area (Å²) in [4.78, 5) is 12.9. The lowest BCUT2D eigenvalue weighted by Gasteiger charge is -2.35. The lowest BCUT2D eigenvalue weighted by molar-refractivity contribution is -0.109. The third-order valence-electron chi connectivity index (χ3n) is 3.10. The van der Waals surface area contributed by atoms with Crippen molar-refractivity contribution in [3.63, 3.8) is 0 Å². The molecule has 1 heterocycles. The summed E-state index contributed by atoms with van der Waals surface area (Å²) in [6.45, 7) is 3.48. The number of piperazine rings is 1. The Kier molecular flexibility index (Phi) is 4.08. The summed E-state index contributed by atoms with van der Waals surface area (Å²) < 4.78 is 0. The molecule has 2 rings (SSSR count). The van der Waals surface area contributed by atoms with Gasteiger partial charge in [0.05, 0.1) is 6.54 Å². The standard InChI is InChI=1S/C13H18N2O/c16-9-8-15-7-6-14-11-13(15)10-12-4-2-1-3-5-12/h1-5,9,13-14H,6-8,10-11H2/t13-/m0/s1. The van der Waals surface area contributed by atoms with Crippen LogP contribution >= 0.6 is 0 Å². The molecular weight excluding hydrogens is 200 g/mol. The van der Waals surface area contributed by atoms with Crippen LogP contribution in [0.1, 0.15) is 5.56 Å². The molecule has 1 N–H and O–H groups in total. The molecule has 1 fully saturated rings. The molecular formula is C13H18N2O. The first-order chi connectivity index (χ1) is 7.90. The normalized spacial score (nSPS) is 21.9. The van der Waals surface area contributed by atoms with Crippen LogP contribution in [-0.2, 0) is 11.2 Å². The van der Waals surface area contributed by atoms with Crippen LogP contribution in [0.3, 0.4) is 0 Å². The lowest BCUT2D eigenvalue weighted by Crippen LogP contribution is -2.52. The Morgan fingerprint density at radius 3 is 2.94 bits per heavy atom. The van der Waals surface area contributed by atoms with Gasteiger partial charge in [-0.2, -0.15) is 0 Å². The molecule has 3 nitrogen and oxygen atoms in total. The van der Waals surface area contributed by atoms with E-state index in [-0.39, 0.29) is 0 Å². The average molecular weight is 218 g/mol. The number of carbonyl (C=O) groups is 1. The van der Waals surface area contributed by atoms with Gasteiger partial charge in [-0.3, -0.25) is 4.90 Å². The van der Waals surface area contributed by atoms with Crippen LogP contribution in [0.15, 0.2) is 30.3 Å². The number of rotatable bonds is 4. The van der Waals surface area contributed by atoms with Crippen molar-refractivity contribution in [2.24, 2.45) is 0 Å². The zero-order valence-electron chi connectivity index (χ0n) is 9.43. The topological polar surface area (TPSA) is 32.3 Å². The van der Waals surface area contributed by atoms with E-state index in [1.165, 1.54) is 5.56 Å². The first-order valence-corrected chi connectivity index (χ1v) is 5.82. The van der Waals surface area contributed by atoms with Crippen LogP contribution in [0.25, 0.3) is 0 Å². The predicted octanol–water partition coefficient (Wildman–Crippen LogP) is 0.702. The maximum atomic E-state index is 10.6. The lowest BCUT2D eigenvalue weighted by atomic mass is 10.0. The highest BCUT2D eigenvalue weighted by atomic mass is 16.1. The number of hydrogen-bond donors (Lipinski definition) is 1. The second-order valence-corrected chi connectivity index (χ2v) is 4.21. The molecule has 0 aliphatic carbocycles. The Morgan fingerprint density at radius 1 is 1.38 bits per heavy atom. The van der Waals surface area contributed by atoms with Crippen molar-refractivity contribution in [1.29, 1.82) is 0 Å². The van der Waals surface area contributed by atoms with Gasteiger partial charge in [-0.15, -0.1) is 0 Å². The molecule has 0 bridgehead atoms. The average Bonchev–Trinajstić information content (AvgIpc) is 2.33. The molecule has 16 heavy (non-hydrogen) atoms. The fourth-order valence-electron chi connectivity index (χ4n) is 2.23. The minimum atomic E-state index is 0.446. The second-order valence-electron chi connectivity index (χ2n) is 4.21. The molecule has 0 amide bonds. The van der Waals surface area contributed by atoms with E-state index in [2.05, 4.69) is 34.5 Å². The molecule has 1 aliphatic rings. The Morgan fingerprint density at radius 2 is 2.19 bits per heavy atom. The van der Waals surface area contributed by atoms with E-state index in [1.54, 1.807) is 0 Å². The largest absolute Gasteiger partial charge is 0.314 e. The van der Waals surface area contributed by atoms with Gasteiger partial charge in [0.1, 0.15) is 6.29 Å². The van der Waals surface area contributed by atoms with Gasteiger partial charge in [0.15, 0.2) is 0 Å². The highest BCUT2D eigenvalue weighted by Gasteiger charge is 2.21. The van der Waals surface area contributed by atoms with Crippen molar-refractivity contribution in [3.05, 3.63) is 35.9 Å². The van der Waals surface area contributed by atoms with Crippen molar-refractivity contribution in [1.82, 2.24) is 10.2 Å². The van der Waals surface area contributed by atoms with Crippen LogP contribution in [-0.4, -0.2) is 43.4 Å². The molecule has 0 radical (unpaired) electrons. The molecule has 1 atom stereocenters. The molecule has 0 unspecified atom stereocenters. The summed E-state index contributed by atoms with van der Waals surface area (Å²) in [6.07, 6.45) is 2.02. The van der Waals surface area contributed by atoms with Crippen LogP contribution in [0, 0.1) is 0 Å². The summed E-state index contributed by atoms with van der Waals surface area (Å²) >= 11 is 0. The molecule has 0 aromatic heterocycles. The van der Waals surface area contributed by atoms with Gasteiger partial charge in [0, 0.05) is 25.7 Å². The Balaban J connectivity index is 1.98. The van der Waals surface area contributed by atoms with Gasteiger partial charge >= 0.3 is 0 Å². The fourth-order valence-corrected chi connectivity index (χ4v) is 2.23. The third-order valence-corrected chi connectivity index (χ3v) is 3.10. The van der Waals surface area contributed by atoms with Crippen LogP contribution in [0.5, 0.6) is 0 Å². The molecule has 1 aromatic carbocycles. The second kappa shape index (κ2) is 5.77. The first kappa shape index (κ1) is 11.3. The maximum absolute atomic E-state index is 10.6. The number of benzene rings is 1. The molecule has 86 valence electrons. The molecule has 1 aliphatic heterocycles. The summed E-state index contributed by atoms with van der Waals surface area (Å²) in [7, 11) is 0. The highest BCUT2D eigenvalue weighted by molar-refractivity contribution is 5.52. The Bertz CT molecular complexity index is 326. The maximum Gasteiger partial charge on any atom is 0.133 e. The summed E-state index contributed by atoms with van der Waals surface area (Å²) in [5.41, 5.74) is 1.34. The van der Waals surface area contributed by atoms with Crippen molar-refractivity contribution in [2.45, 2.75) is 12.5 Å². The monoisotopic (exact) mass is 218 g/mol. The molecule has 0 saturated carbocycles. The third kappa shape index (κ3) is 2.90. The summed E-state index contributed by atoms with van der Waals surface area (Å²) in [6, 6.07) is 10.9. The Hall–Kier alpha value is -1.19. The van der Waals surface area contributed by atoms with Gasteiger partial charge in [-0.05, 0) is 12.0 Å². The highest BCUT2D eigenvalue weighted by Crippen LogP contribution is 2.10. The van der Waals surface area contributed by atoms with Crippen LogP contribution in [0.4, 0.5) is 0 Å². The number of carbonyl (C=O) groups excluding carboxylic acids is 1. The minimum absolute atomic E-state index is 0.446. The van der Waals surface area contributed by atoms with E-state index >= 15 is 0 Å². The zero-order valence-corrected chi connectivity index (χ0v) is 9.43. The molecule has 3 heteroatoms. The van der Waals surface area contributed by atoms with Gasteiger partial charge in [-0.1, -0.05) is 30.3 Å². The number of aldehydes is 1. The summed E-state index contributed by atoms with van der Waals surface area (Å²) in [5, 5.41) is 3.39. The van der Waals surface area contributed by atoms with Crippen LogP contribution in [0.2, 0.25) is 0 Å². The van der Waals surface area contributed by atoms with Crippen molar-refractivity contribution in [3.8, 4) is 0 Å². The van der Waals surface area contributed by atoms with Crippen molar-refractivity contribution in [2.75, 3.05) is 26.2 Å². The molecule has 1 saturated heterocycles. The van der Waals surface area contributed by atoms with Crippen molar-refractivity contribution < 1.29 is 4.79 Å². The SMILES string of the molecule is O=CCN1CCNC[C@@H]1Cc1ccccc1. The van der Waals surface area contributed by atoms with Gasteiger partial charge in [0.25, 0.3) is 0 Å². The van der Waals surface area contributed by atoms with Gasteiger partial charge < -0.3 is 10.1 Å². The molecule has 0 spiro atoms. The van der Waals surface area contributed by atoms with Crippen LogP contribution < -0.4 is 5.32 Å². The smallest absolute Gasteiger partial charge is 0.133 e. The number of nitrogens with zero attached hydrogens (tertiary/aromatic N) is 1.